The van der Waals surface area contributed by atoms with Gasteiger partial charge in [-0.25, -0.2) is 0 Å². The Labute approximate surface area is 123 Å². The number of aromatic amines is 1. The summed E-state index contributed by atoms with van der Waals surface area (Å²) in [4.78, 5) is 17.4. The van der Waals surface area contributed by atoms with Crippen molar-refractivity contribution in [3.8, 4) is 0 Å². The third-order valence-electron chi connectivity index (χ3n) is 4.41. The van der Waals surface area contributed by atoms with E-state index in [1.54, 1.807) is 0 Å². The van der Waals surface area contributed by atoms with Gasteiger partial charge in [0, 0.05) is 12.7 Å². The summed E-state index contributed by atoms with van der Waals surface area (Å²) in [5.74, 6) is 0. The van der Waals surface area contributed by atoms with Crippen LogP contribution in [0.5, 0.6) is 0 Å². The topological polar surface area (TPSA) is 40.5 Å². The standard InChI is InChI=1S/C17H19N3O/c21-17-15-5-4-10-20(15)16-11-13(6-7-14(16)18-17)12-19-8-2-1-3-9-19/h4-7,10-11H,1-3,8-9,12H2,(H,18,21). The highest BCUT2D eigenvalue weighted by Crippen LogP contribution is 2.18. The van der Waals surface area contributed by atoms with Crippen LogP contribution in [-0.4, -0.2) is 27.4 Å². The van der Waals surface area contributed by atoms with E-state index in [9.17, 15) is 4.79 Å². The molecule has 0 aliphatic carbocycles. The zero-order valence-electron chi connectivity index (χ0n) is 12.0. The van der Waals surface area contributed by atoms with E-state index in [1.807, 2.05) is 28.8 Å². The molecule has 0 radical (unpaired) electrons. The summed E-state index contributed by atoms with van der Waals surface area (Å²) in [5, 5.41) is 0. The van der Waals surface area contributed by atoms with Crippen LogP contribution in [0.1, 0.15) is 24.8 Å². The van der Waals surface area contributed by atoms with E-state index in [-0.39, 0.29) is 5.56 Å². The number of hydrogen-bond donors (Lipinski definition) is 1. The Morgan fingerprint density at radius 1 is 1.05 bits per heavy atom. The maximum Gasteiger partial charge on any atom is 0.272 e. The van der Waals surface area contributed by atoms with E-state index < -0.39 is 0 Å². The van der Waals surface area contributed by atoms with Crippen molar-refractivity contribution in [3.63, 3.8) is 0 Å². The van der Waals surface area contributed by atoms with Crippen molar-refractivity contribution in [2.45, 2.75) is 25.8 Å². The van der Waals surface area contributed by atoms with Gasteiger partial charge in [-0.1, -0.05) is 12.5 Å². The normalized spacial score (nSPS) is 16.8. The number of nitrogens with zero attached hydrogens (tertiary/aromatic N) is 2. The van der Waals surface area contributed by atoms with Crippen molar-refractivity contribution in [2.75, 3.05) is 13.1 Å². The predicted octanol–water partition coefficient (Wildman–Crippen LogP) is 2.77. The van der Waals surface area contributed by atoms with Crippen molar-refractivity contribution < 1.29 is 0 Å². The molecule has 4 heteroatoms. The number of piperidine rings is 1. The Kier molecular flexibility index (Phi) is 3.04. The summed E-state index contributed by atoms with van der Waals surface area (Å²) in [6.07, 6.45) is 5.93. The van der Waals surface area contributed by atoms with E-state index in [4.69, 9.17) is 0 Å². The van der Waals surface area contributed by atoms with Gasteiger partial charge in [0.25, 0.3) is 5.56 Å². The monoisotopic (exact) mass is 281 g/mol. The Hall–Kier alpha value is -2.07. The van der Waals surface area contributed by atoms with E-state index in [0.717, 1.165) is 17.6 Å². The van der Waals surface area contributed by atoms with Crippen LogP contribution in [-0.2, 0) is 6.54 Å². The van der Waals surface area contributed by atoms with Gasteiger partial charge < -0.3 is 9.38 Å². The fourth-order valence-electron chi connectivity index (χ4n) is 3.32. The zero-order chi connectivity index (χ0) is 14.2. The number of hydrogen-bond acceptors (Lipinski definition) is 2. The second kappa shape index (κ2) is 5.04. The summed E-state index contributed by atoms with van der Waals surface area (Å²) in [6.45, 7) is 3.39. The first-order chi connectivity index (χ1) is 10.3. The van der Waals surface area contributed by atoms with E-state index >= 15 is 0 Å². The molecular formula is C17H19N3O. The minimum absolute atomic E-state index is 0.0312. The van der Waals surface area contributed by atoms with Crippen molar-refractivity contribution >= 4 is 16.6 Å². The third kappa shape index (κ3) is 2.25. The number of aromatic nitrogens is 2. The quantitative estimate of drug-likeness (QED) is 0.784. The van der Waals surface area contributed by atoms with Gasteiger partial charge in [-0.05, 0) is 55.8 Å². The molecule has 21 heavy (non-hydrogen) atoms. The number of likely N-dealkylation sites (tertiary alicyclic amines) is 1. The number of rotatable bonds is 2. The van der Waals surface area contributed by atoms with Crippen molar-refractivity contribution in [1.82, 2.24) is 14.3 Å². The first kappa shape index (κ1) is 12.7. The fraction of sp³-hybridized carbons (Fsp3) is 0.353. The van der Waals surface area contributed by atoms with Crippen LogP contribution < -0.4 is 5.56 Å². The summed E-state index contributed by atoms with van der Waals surface area (Å²) < 4.78 is 1.98. The summed E-state index contributed by atoms with van der Waals surface area (Å²) in [5.41, 5.74) is 3.95. The van der Waals surface area contributed by atoms with Crippen LogP contribution >= 0.6 is 0 Å². The highest BCUT2D eigenvalue weighted by molar-refractivity contribution is 5.78. The predicted molar refractivity (Wildman–Crippen MR) is 84.7 cm³/mol. The Morgan fingerprint density at radius 2 is 1.90 bits per heavy atom. The molecule has 1 aliphatic rings. The highest BCUT2D eigenvalue weighted by Gasteiger charge is 2.11. The molecule has 108 valence electrons. The van der Waals surface area contributed by atoms with Gasteiger partial charge in [0.2, 0.25) is 0 Å². The van der Waals surface area contributed by atoms with Gasteiger partial charge in [-0.15, -0.1) is 0 Å². The molecule has 1 aliphatic heterocycles. The number of fused-ring (bicyclic) bond motifs is 3. The molecule has 1 aromatic carbocycles. The average molecular weight is 281 g/mol. The molecule has 0 atom stereocenters. The third-order valence-corrected chi connectivity index (χ3v) is 4.41. The number of nitrogens with one attached hydrogen (secondary N) is 1. The number of H-pyrrole nitrogens is 1. The molecule has 4 nitrogen and oxygen atoms in total. The van der Waals surface area contributed by atoms with Crippen molar-refractivity contribution in [3.05, 3.63) is 52.4 Å². The second-order valence-corrected chi connectivity index (χ2v) is 5.91. The lowest BCUT2D eigenvalue weighted by molar-refractivity contribution is 0.221. The van der Waals surface area contributed by atoms with Gasteiger partial charge >= 0.3 is 0 Å². The Morgan fingerprint density at radius 3 is 2.76 bits per heavy atom. The van der Waals surface area contributed by atoms with Gasteiger partial charge in [-0.3, -0.25) is 9.69 Å². The van der Waals surface area contributed by atoms with E-state index in [1.165, 1.54) is 37.9 Å². The summed E-state index contributed by atoms with van der Waals surface area (Å²) in [6, 6.07) is 10.1. The van der Waals surface area contributed by atoms with Gasteiger partial charge in [0.1, 0.15) is 5.52 Å². The van der Waals surface area contributed by atoms with E-state index in [2.05, 4.69) is 22.0 Å². The molecule has 1 N–H and O–H groups in total. The molecule has 0 unspecified atom stereocenters. The molecular weight excluding hydrogens is 262 g/mol. The Balaban J connectivity index is 1.77. The first-order valence-corrected chi connectivity index (χ1v) is 7.66. The minimum atomic E-state index is -0.0312. The SMILES string of the molecule is O=c1[nH]c2ccc(CN3CCCCC3)cc2n2cccc12. The van der Waals surface area contributed by atoms with E-state index in [0.29, 0.717) is 5.52 Å². The maximum atomic E-state index is 12.0. The highest BCUT2D eigenvalue weighted by atomic mass is 16.1. The lowest BCUT2D eigenvalue weighted by Crippen LogP contribution is -2.29. The average Bonchev–Trinajstić information content (AvgIpc) is 3.00. The molecule has 0 amide bonds. The van der Waals surface area contributed by atoms with Gasteiger partial charge in [0.15, 0.2) is 0 Å². The molecule has 4 rings (SSSR count). The lowest BCUT2D eigenvalue weighted by atomic mass is 10.1. The van der Waals surface area contributed by atoms with Crippen molar-refractivity contribution in [2.24, 2.45) is 0 Å². The van der Waals surface area contributed by atoms with Crippen LogP contribution in [0.3, 0.4) is 0 Å². The van der Waals surface area contributed by atoms with Gasteiger partial charge in [0.05, 0.1) is 11.0 Å². The molecule has 0 bridgehead atoms. The zero-order valence-corrected chi connectivity index (χ0v) is 12.0. The van der Waals surface area contributed by atoms with Crippen LogP contribution in [0.25, 0.3) is 16.6 Å². The molecule has 1 fully saturated rings. The lowest BCUT2D eigenvalue weighted by Gasteiger charge is -2.26. The van der Waals surface area contributed by atoms with Crippen LogP contribution in [0, 0.1) is 0 Å². The fourth-order valence-corrected chi connectivity index (χ4v) is 3.32. The smallest absolute Gasteiger partial charge is 0.272 e. The molecule has 1 saturated heterocycles. The van der Waals surface area contributed by atoms with Crippen molar-refractivity contribution in [1.29, 1.82) is 0 Å². The minimum Gasteiger partial charge on any atom is -0.319 e. The van der Waals surface area contributed by atoms with Gasteiger partial charge in [-0.2, -0.15) is 0 Å². The van der Waals surface area contributed by atoms with Crippen LogP contribution in [0.15, 0.2) is 41.3 Å². The first-order valence-electron chi connectivity index (χ1n) is 7.66. The summed E-state index contributed by atoms with van der Waals surface area (Å²) in [7, 11) is 0. The second-order valence-electron chi connectivity index (χ2n) is 5.91. The van der Waals surface area contributed by atoms with Crippen LogP contribution in [0.4, 0.5) is 0 Å². The van der Waals surface area contributed by atoms with Crippen LogP contribution in [0.2, 0.25) is 0 Å². The summed E-state index contributed by atoms with van der Waals surface area (Å²) >= 11 is 0. The molecule has 0 spiro atoms. The molecule has 3 heterocycles. The Bertz CT molecular complexity index is 840. The largest absolute Gasteiger partial charge is 0.319 e. The molecule has 3 aromatic rings. The number of benzene rings is 1. The molecule has 0 saturated carbocycles. The molecule has 2 aromatic heterocycles. The maximum absolute atomic E-state index is 12.0.